The van der Waals surface area contributed by atoms with Gasteiger partial charge in [-0.15, -0.1) is 0 Å². The Morgan fingerprint density at radius 3 is 2.55 bits per heavy atom. The van der Waals surface area contributed by atoms with Crippen molar-refractivity contribution in [1.82, 2.24) is 0 Å². The summed E-state index contributed by atoms with van der Waals surface area (Å²) >= 11 is 0. The minimum Gasteiger partial charge on any atom is -0.486 e. The average molecular weight is 268 g/mol. The van der Waals surface area contributed by atoms with Crippen molar-refractivity contribution in [3.63, 3.8) is 0 Å². The second-order valence-electron chi connectivity index (χ2n) is 4.37. The maximum absolute atomic E-state index is 10.7. The Labute approximate surface area is 115 Å². The Balaban J connectivity index is 1.71. The zero-order valence-electron chi connectivity index (χ0n) is 10.6. The molecule has 1 N–H and O–H groups in total. The van der Waals surface area contributed by atoms with Crippen molar-refractivity contribution in [2.24, 2.45) is 0 Å². The van der Waals surface area contributed by atoms with Gasteiger partial charge in [-0.05, 0) is 36.4 Å². The maximum Gasteiger partial charge on any atom is 0.335 e. The lowest BCUT2D eigenvalue weighted by Crippen LogP contribution is -1.97. The van der Waals surface area contributed by atoms with Crippen LogP contribution in [0.25, 0.3) is 11.0 Å². The van der Waals surface area contributed by atoms with Crippen LogP contribution in [-0.2, 0) is 6.61 Å². The molecule has 0 aliphatic carbocycles. The second kappa shape index (κ2) is 5.09. The van der Waals surface area contributed by atoms with E-state index in [-0.39, 0.29) is 5.56 Å². The van der Waals surface area contributed by atoms with E-state index in [2.05, 4.69) is 0 Å². The highest BCUT2D eigenvalue weighted by molar-refractivity contribution is 5.87. The van der Waals surface area contributed by atoms with Gasteiger partial charge in [0.05, 0.1) is 5.56 Å². The lowest BCUT2D eigenvalue weighted by molar-refractivity contribution is 0.0697. The van der Waals surface area contributed by atoms with Gasteiger partial charge in [0.25, 0.3) is 0 Å². The van der Waals surface area contributed by atoms with Crippen LogP contribution in [0, 0.1) is 0 Å². The SMILES string of the molecule is O=C(O)c1ccc(OCc2cc3ccccc3o2)cc1. The van der Waals surface area contributed by atoms with Crippen LogP contribution in [0.15, 0.2) is 59.0 Å². The summed E-state index contributed by atoms with van der Waals surface area (Å²) in [5, 5.41) is 9.84. The van der Waals surface area contributed by atoms with Gasteiger partial charge >= 0.3 is 5.97 Å². The molecule has 20 heavy (non-hydrogen) atoms. The molecule has 4 heteroatoms. The van der Waals surface area contributed by atoms with E-state index in [9.17, 15) is 4.79 Å². The minimum absolute atomic E-state index is 0.237. The summed E-state index contributed by atoms with van der Waals surface area (Å²) < 4.78 is 11.2. The van der Waals surface area contributed by atoms with Gasteiger partial charge in [-0.1, -0.05) is 18.2 Å². The van der Waals surface area contributed by atoms with E-state index >= 15 is 0 Å². The monoisotopic (exact) mass is 268 g/mol. The molecule has 0 amide bonds. The molecule has 3 rings (SSSR count). The number of carboxylic acids is 1. The first kappa shape index (κ1) is 12.3. The molecule has 0 atom stereocenters. The summed E-state index contributed by atoms with van der Waals surface area (Å²) in [6.45, 7) is 0.307. The first-order valence-corrected chi connectivity index (χ1v) is 6.16. The Bertz CT molecular complexity index is 708. The largest absolute Gasteiger partial charge is 0.486 e. The van der Waals surface area contributed by atoms with E-state index in [0.29, 0.717) is 12.4 Å². The highest BCUT2D eigenvalue weighted by Gasteiger charge is 2.05. The molecule has 2 aromatic carbocycles. The van der Waals surface area contributed by atoms with Crippen LogP contribution in [0.2, 0.25) is 0 Å². The normalized spacial score (nSPS) is 10.6. The zero-order valence-corrected chi connectivity index (χ0v) is 10.6. The lowest BCUT2D eigenvalue weighted by Gasteiger charge is -2.04. The first-order chi connectivity index (χ1) is 9.72. The maximum atomic E-state index is 10.7. The number of para-hydroxylation sites is 1. The molecule has 0 fully saturated rings. The number of hydrogen-bond acceptors (Lipinski definition) is 3. The highest BCUT2D eigenvalue weighted by Crippen LogP contribution is 2.20. The van der Waals surface area contributed by atoms with Gasteiger partial charge in [-0.3, -0.25) is 0 Å². The molecule has 1 heterocycles. The third kappa shape index (κ3) is 2.49. The number of carbonyl (C=O) groups is 1. The standard InChI is InChI=1S/C16H12O4/c17-16(18)11-5-7-13(8-6-11)19-10-14-9-12-3-1-2-4-15(12)20-14/h1-9H,10H2,(H,17,18). The quantitative estimate of drug-likeness (QED) is 0.783. The van der Waals surface area contributed by atoms with Gasteiger partial charge < -0.3 is 14.3 Å². The van der Waals surface area contributed by atoms with Crippen molar-refractivity contribution in [3.05, 3.63) is 65.9 Å². The van der Waals surface area contributed by atoms with Gasteiger partial charge in [0.15, 0.2) is 0 Å². The predicted octanol–water partition coefficient (Wildman–Crippen LogP) is 3.71. The molecule has 0 spiro atoms. The van der Waals surface area contributed by atoms with Crippen LogP contribution in [0.4, 0.5) is 0 Å². The zero-order chi connectivity index (χ0) is 13.9. The van der Waals surface area contributed by atoms with Gasteiger partial charge in [-0.25, -0.2) is 4.79 Å². The Morgan fingerprint density at radius 1 is 1.10 bits per heavy atom. The number of ether oxygens (including phenoxy) is 1. The van der Waals surface area contributed by atoms with E-state index in [0.717, 1.165) is 16.7 Å². The lowest BCUT2D eigenvalue weighted by atomic mass is 10.2. The number of rotatable bonds is 4. The molecule has 0 radical (unpaired) electrons. The van der Waals surface area contributed by atoms with Gasteiger partial charge in [-0.2, -0.15) is 0 Å². The molecule has 0 bridgehead atoms. The van der Waals surface area contributed by atoms with Crippen molar-refractivity contribution in [2.75, 3.05) is 0 Å². The Hall–Kier alpha value is -2.75. The fraction of sp³-hybridized carbons (Fsp3) is 0.0625. The van der Waals surface area contributed by atoms with Crippen LogP contribution in [0.3, 0.4) is 0 Å². The average Bonchev–Trinajstić information content (AvgIpc) is 2.88. The summed E-state index contributed by atoms with van der Waals surface area (Å²) in [6, 6.07) is 16.0. The van der Waals surface area contributed by atoms with E-state index < -0.39 is 5.97 Å². The predicted molar refractivity (Wildman–Crippen MR) is 73.9 cm³/mol. The van der Waals surface area contributed by atoms with Crippen LogP contribution >= 0.6 is 0 Å². The van der Waals surface area contributed by atoms with Crippen molar-refractivity contribution in [3.8, 4) is 5.75 Å². The van der Waals surface area contributed by atoms with Crippen molar-refractivity contribution in [2.45, 2.75) is 6.61 Å². The summed E-state index contributed by atoms with van der Waals surface area (Å²) in [6.07, 6.45) is 0. The third-order valence-electron chi connectivity index (χ3n) is 2.96. The number of carboxylic acid groups (broad SMARTS) is 1. The summed E-state index contributed by atoms with van der Waals surface area (Å²) in [5.74, 6) is 0.387. The Morgan fingerprint density at radius 2 is 1.85 bits per heavy atom. The van der Waals surface area contributed by atoms with E-state index in [1.165, 1.54) is 12.1 Å². The van der Waals surface area contributed by atoms with E-state index in [1.807, 2.05) is 30.3 Å². The molecule has 0 aliphatic heterocycles. The van der Waals surface area contributed by atoms with E-state index in [4.69, 9.17) is 14.3 Å². The molecule has 3 aromatic rings. The second-order valence-corrected chi connectivity index (χ2v) is 4.37. The molecule has 0 saturated heterocycles. The fourth-order valence-electron chi connectivity index (χ4n) is 1.96. The summed E-state index contributed by atoms with van der Waals surface area (Å²) in [5.41, 5.74) is 1.06. The molecular weight excluding hydrogens is 256 g/mol. The molecule has 0 unspecified atom stereocenters. The molecule has 4 nitrogen and oxygen atoms in total. The van der Waals surface area contributed by atoms with Crippen LogP contribution in [-0.4, -0.2) is 11.1 Å². The van der Waals surface area contributed by atoms with Crippen LogP contribution in [0.5, 0.6) is 5.75 Å². The fourth-order valence-corrected chi connectivity index (χ4v) is 1.96. The van der Waals surface area contributed by atoms with Gasteiger partial charge in [0.2, 0.25) is 0 Å². The van der Waals surface area contributed by atoms with Crippen molar-refractivity contribution >= 4 is 16.9 Å². The summed E-state index contributed by atoms with van der Waals surface area (Å²) in [7, 11) is 0. The molecule has 1 aromatic heterocycles. The third-order valence-corrected chi connectivity index (χ3v) is 2.96. The smallest absolute Gasteiger partial charge is 0.335 e. The van der Waals surface area contributed by atoms with Crippen molar-refractivity contribution < 1.29 is 19.1 Å². The minimum atomic E-state index is -0.950. The van der Waals surface area contributed by atoms with Crippen LogP contribution in [0.1, 0.15) is 16.1 Å². The number of fused-ring (bicyclic) bond motifs is 1. The summed E-state index contributed by atoms with van der Waals surface area (Å²) in [4.78, 5) is 10.7. The topological polar surface area (TPSA) is 59.7 Å². The Kier molecular flexibility index (Phi) is 3.13. The molecule has 0 aliphatic rings. The van der Waals surface area contributed by atoms with E-state index in [1.54, 1.807) is 12.1 Å². The number of hydrogen-bond donors (Lipinski definition) is 1. The molecule has 100 valence electrons. The van der Waals surface area contributed by atoms with Gasteiger partial charge in [0, 0.05) is 5.39 Å². The highest BCUT2D eigenvalue weighted by atomic mass is 16.5. The van der Waals surface area contributed by atoms with Crippen LogP contribution < -0.4 is 4.74 Å². The number of aromatic carboxylic acids is 1. The molecule has 0 saturated carbocycles. The number of furan rings is 1. The first-order valence-electron chi connectivity index (χ1n) is 6.16. The van der Waals surface area contributed by atoms with Gasteiger partial charge in [0.1, 0.15) is 23.7 Å². The molecular formula is C16H12O4. The number of benzene rings is 2. The van der Waals surface area contributed by atoms with Crippen molar-refractivity contribution in [1.29, 1.82) is 0 Å².